The van der Waals surface area contributed by atoms with E-state index in [1.165, 1.54) is 4.88 Å². The Labute approximate surface area is 154 Å². The lowest BCUT2D eigenvalue weighted by Crippen LogP contribution is -2.41. The van der Waals surface area contributed by atoms with Gasteiger partial charge in [-0.2, -0.15) is 0 Å². The highest BCUT2D eigenvalue weighted by Crippen LogP contribution is 2.19. The monoisotopic (exact) mass is 438 g/mol. The predicted molar refractivity (Wildman–Crippen MR) is 105 cm³/mol. The van der Waals surface area contributed by atoms with Crippen molar-refractivity contribution >= 4 is 47.2 Å². The topological polar surface area (TPSA) is 65.5 Å². The maximum absolute atomic E-state index is 11.5. The van der Waals surface area contributed by atoms with Crippen molar-refractivity contribution in [2.24, 2.45) is 4.99 Å². The molecule has 0 saturated heterocycles. The van der Waals surface area contributed by atoms with Crippen LogP contribution >= 0.6 is 35.3 Å². The van der Waals surface area contributed by atoms with E-state index < -0.39 is 0 Å². The first-order valence-electron chi connectivity index (χ1n) is 7.30. The van der Waals surface area contributed by atoms with Gasteiger partial charge in [-0.1, -0.05) is 13.0 Å². The summed E-state index contributed by atoms with van der Waals surface area (Å²) in [6.45, 7) is 7.49. The highest BCUT2D eigenvalue weighted by atomic mass is 127. The van der Waals surface area contributed by atoms with Gasteiger partial charge >= 0.3 is 0 Å². The van der Waals surface area contributed by atoms with Gasteiger partial charge in [0.15, 0.2) is 5.96 Å². The normalized spacial score (nSPS) is 12.5. The number of nitrogens with one attached hydrogen (secondary N) is 3. The Morgan fingerprint density at radius 2 is 2.05 bits per heavy atom. The summed E-state index contributed by atoms with van der Waals surface area (Å²) in [6.07, 6.45) is 0.444. The molecule has 0 aromatic carbocycles. The standard InChI is InChI=1S/C15H26N4OS.HI/c1-11(2)19-14(20)7-8-17-15(16-4)18-10-12(3)13-6-5-9-21-13;/h5-6,9,11-12H,7-8,10H2,1-4H3,(H,19,20)(H2,16,17,18);1H. The second kappa shape index (κ2) is 11.7. The molecule has 0 bridgehead atoms. The molecule has 7 heteroatoms. The van der Waals surface area contributed by atoms with E-state index in [4.69, 9.17) is 0 Å². The molecule has 126 valence electrons. The number of halogens is 1. The molecule has 22 heavy (non-hydrogen) atoms. The largest absolute Gasteiger partial charge is 0.356 e. The molecule has 0 aliphatic heterocycles. The van der Waals surface area contributed by atoms with Gasteiger partial charge in [0.1, 0.15) is 0 Å². The fourth-order valence-corrected chi connectivity index (χ4v) is 2.62. The van der Waals surface area contributed by atoms with Crippen molar-refractivity contribution < 1.29 is 4.79 Å². The first-order valence-corrected chi connectivity index (χ1v) is 8.18. The second-order valence-corrected chi connectivity index (χ2v) is 6.25. The zero-order valence-corrected chi connectivity index (χ0v) is 16.8. The van der Waals surface area contributed by atoms with Crippen LogP contribution in [0.25, 0.3) is 0 Å². The van der Waals surface area contributed by atoms with Crippen molar-refractivity contribution in [3.63, 3.8) is 0 Å². The summed E-state index contributed by atoms with van der Waals surface area (Å²) in [5.41, 5.74) is 0. The molecule has 0 spiro atoms. The Morgan fingerprint density at radius 1 is 1.32 bits per heavy atom. The smallest absolute Gasteiger partial charge is 0.221 e. The van der Waals surface area contributed by atoms with Gasteiger partial charge in [-0.25, -0.2) is 0 Å². The maximum Gasteiger partial charge on any atom is 0.221 e. The lowest BCUT2D eigenvalue weighted by molar-refractivity contribution is -0.121. The molecule has 5 nitrogen and oxygen atoms in total. The predicted octanol–water partition coefficient (Wildman–Crippen LogP) is 2.55. The molecule has 3 N–H and O–H groups in total. The molecule has 0 radical (unpaired) electrons. The molecule has 0 aliphatic rings. The van der Waals surface area contributed by atoms with Crippen LogP contribution in [0.15, 0.2) is 22.5 Å². The van der Waals surface area contributed by atoms with Crippen LogP contribution < -0.4 is 16.0 Å². The number of thiophene rings is 1. The SMILES string of the molecule is CN=C(NCCC(=O)NC(C)C)NCC(C)c1cccs1.I. The number of hydrogen-bond acceptors (Lipinski definition) is 3. The van der Waals surface area contributed by atoms with Gasteiger partial charge in [-0.05, 0) is 25.3 Å². The fourth-order valence-electron chi connectivity index (χ4n) is 1.83. The van der Waals surface area contributed by atoms with E-state index in [1.807, 2.05) is 13.8 Å². The van der Waals surface area contributed by atoms with Crippen LogP contribution in [0.1, 0.15) is 38.0 Å². The first kappa shape index (κ1) is 21.2. The Morgan fingerprint density at radius 3 is 2.59 bits per heavy atom. The number of amides is 1. The number of nitrogens with zero attached hydrogens (tertiary/aromatic N) is 1. The van der Waals surface area contributed by atoms with Crippen molar-refractivity contribution in [3.05, 3.63) is 22.4 Å². The van der Waals surface area contributed by atoms with Gasteiger partial charge in [0.25, 0.3) is 0 Å². The van der Waals surface area contributed by atoms with Gasteiger partial charge in [0.05, 0.1) is 0 Å². The van der Waals surface area contributed by atoms with E-state index in [9.17, 15) is 4.79 Å². The number of hydrogen-bond donors (Lipinski definition) is 3. The Balaban J connectivity index is 0.00000441. The van der Waals surface area contributed by atoms with Crippen LogP contribution in [0.2, 0.25) is 0 Å². The summed E-state index contributed by atoms with van der Waals surface area (Å²) in [7, 11) is 1.74. The Hall–Kier alpha value is -0.830. The third-order valence-electron chi connectivity index (χ3n) is 2.92. The summed E-state index contributed by atoms with van der Waals surface area (Å²) in [4.78, 5) is 17.1. The summed E-state index contributed by atoms with van der Waals surface area (Å²) in [5, 5.41) is 11.4. The van der Waals surface area contributed by atoms with Crippen LogP contribution in [-0.2, 0) is 4.79 Å². The van der Waals surface area contributed by atoms with E-state index in [-0.39, 0.29) is 35.9 Å². The number of rotatable bonds is 7. The molecular weight excluding hydrogens is 411 g/mol. The highest BCUT2D eigenvalue weighted by Gasteiger charge is 2.08. The highest BCUT2D eigenvalue weighted by molar-refractivity contribution is 14.0. The van der Waals surface area contributed by atoms with Crippen molar-refractivity contribution in [3.8, 4) is 0 Å². The van der Waals surface area contributed by atoms with Gasteiger partial charge < -0.3 is 16.0 Å². The molecule has 1 aromatic heterocycles. The van der Waals surface area contributed by atoms with Gasteiger partial charge in [-0.3, -0.25) is 9.79 Å². The van der Waals surface area contributed by atoms with Crippen molar-refractivity contribution in [1.29, 1.82) is 0 Å². The van der Waals surface area contributed by atoms with Gasteiger partial charge in [0.2, 0.25) is 5.91 Å². The van der Waals surface area contributed by atoms with E-state index >= 15 is 0 Å². The van der Waals surface area contributed by atoms with Gasteiger partial charge in [0, 0.05) is 43.4 Å². The first-order chi connectivity index (χ1) is 10.0. The average Bonchev–Trinajstić information content (AvgIpc) is 2.95. The van der Waals surface area contributed by atoms with E-state index in [0.29, 0.717) is 18.9 Å². The zero-order valence-electron chi connectivity index (χ0n) is 13.7. The summed E-state index contributed by atoms with van der Waals surface area (Å²) >= 11 is 1.76. The second-order valence-electron chi connectivity index (χ2n) is 5.27. The summed E-state index contributed by atoms with van der Waals surface area (Å²) in [6, 6.07) is 4.39. The average molecular weight is 438 g/mol. The zero-order chi connectivity index (χ0) is 15.7. The van der Waals surface area contributed by atoms with Crippen LogP contribution in [0, 0.1) is 0 Å². The molecule has 1 heterocycles. The molecule has 0 saturated carbocycles. The minimum Gasteiger partial charge on any atom is -0.356 e. The third kappa shape index (κ3) is 8.57. The number of carbonyl (C=O) groups excluding carboxylic acids is 1. The molecule has 1 unspecified atom stereocenters. The molecule has 1 atom stereocenters. The quantitative estimate of drug-likeness (QED) is 0.348. The Bertz CT molecular complexity index is 448. The molecule has 1 amide bonds. The van der Waals surface area contributed by atoms with Crippen LogP contribution in [-0.4, -0.2) is 38.0 Å². The van der Waals surface area contributed by atoms with Crippen molar-refractivity contribution in [1.82, 2.24) is 16.0 Å². The van der Waals surface area contributed by atoms with Crippen LogP contribution in [0.3, 0.4) is 0 Å². The molecule has 1 aromatic rings. The lowest BCUT2D eigenvalue weighted by Gasteiger charge is -2.15. The van der Waals surface area contributed by atoms with E-state index in [0.717, 1.165) is 12.5 Å². The lowest BCUT2D eigenvalue weighted by atomic mass is 10.1. The van der Waals surface area contributed by atoms with Crippen molar-refractivity contribution in [2.75, 3.05) is 20.1 Å². The minimum absolute atomic E-state index is 0. The van der Waals surface area contributed by atoms with E-state index in [2.05, 4.69) is 45.4 Å². The third-order valence-corrected chi connectivity index (χ3v) is 4.03. The minimum atomic E-state index is 0. The number of carbonyl (C=O) groups is 1. The number of aliphatic imine (C=N–C) groups is 1. The molecular formula is C15H27IN4OS. The summed E-state index contributed by atoms with van der Waals surface area (Å²) in [5.74, 6) is 1.23. The molecule has 0 fully saturated rings. The van der Waals surface area contributed by atoms with E-state index in [1.54, 1.807) is 18.4 Å². The maximum atomic E-state index is 11.5. The molecule has 0 aliphatic carbocycles. The van der Waals surface area contributed by atoms with Crippen molar-refractivity contribution in [2.45, 2.75) is 39.2 Å². The van der Waals surface area contributed by atoms with Crippen LogP contribution in [0.4, 0.5) is 0 Å². The summed E-state index contributed by atoms with van der Waals surface area (Å²) < 4.78 is 0. The molecule has 1 rings (SSSR count). The number of guanidine groups is 1. The Kier molecular flexibility index (Phi) is 11.3. The fraction of sp³-hybridized carbons (Fsp3) is 0.600. The van der Waals surface area contributed by atoms with Gasteiger partial charge in [-0.15, -0.1) is 35.3 Å². The van der Waals surface area contributed by atoms with Crippen LogP contribution in [0.5, 0.6) is 0 Å².